The van der Waals surface area contributed by atoms with E-state index in [0.717, 1.165) is 54.9 Å². The number of rotatable bonds is 3. The van der Waals surface area contributed by atoms with Crippen molar-refractivity contribution in [3.05, 3.63) is 52.7 Å². The van der Waals surface area contributed by atoms with Gasteiger partial charge in [-0.1, -0.05) is 11.6 Å². The minimum absolute atomic E-state index is 0.157. The molecule has 5 heterocycles. The van der Waals surface area contributed by atoms with Gasteiger partial charge >= 0.3 is 6.18 Å². The predicted molar refractivity (Wildman–Crippen MR) is 133 cm³/mol. The van der Waals surface area contributed by atoms with Crippen LogP contribution in [-0.4, -0.2) is 78.7 Å². The van der Waals surface area contributed by atoms with Crippen LogP contribution in [0.1, 0.15) is 29.9 Å². The zero-order valence-electron chi connectivity index (χ0n) is 20.7. The standard InChI is InChI=1S/C25H26ClF3N8O/c1-15-21(31-5-4-30-15)35-11-23(12-35)13-36(14-23)22-33-32-20-10-34(18-7-24(38,8-18)25(27,28)29)9-16-6-17(26)2-3-19(16)37(20)22/h2-6,18,38H,7-14H2,1H3. The molecule has 0 bridgehead atoms. The number of fused-ring (bicyclic) bond motifs is 3. The van der Waals surface area contributed by atoms with Crippen LogP contribution in [0.5, 0.6) is 0 Å². The highest BCUT2D eigenvalue weighted by Crippen LogP contribution is 2.49. The van der Waals surface area contributed by atoms with Crippen LogP contribution in [0.4, 0.5) is 24.9 Å². The Hall–Kier alpha value is -2.96. The normalized spacial score (nSPS) is 26.2. The summed E-state index contributed by atoms with van der Waals surface area (Å²) in [5.74, 6) is 2.31. The molecule has 7 rings (SSSR count). The summed E-state index contributed by atoms with van der Waals surface area (Å²) < 4.78 is 41.9. The highest BCUT2D eigenvalue weighted by molar-refractivity contribution is 6.30. The molecule has 1 saturated carbocycles. The van der Waals surface area contributed by atoms with E-state index in [-0.39, 0.29) is 18.3 Å². The number of aryl methyl sites for hydroxylation is 1. The number of anilines is 2. The van der Waals surface area contributed by atoms with Gasteiger partial charge in [0, 0.05) is 74.4 Å². The molecule has 3 fully saturated rings. The summed E-state index contributed by atoms with van der Waals surface area (Å²) in [5.41, 5.74) is 0.212. The van der Waals surface area contributed by atoms with E-state index >= 15 is 0 Å². The summed E-state index contributed by atoms with van der Waals surface area (Å²) in [6.45, 7) is 6.15. The predicted octanol–water partition coefficient (Wildman–Crippen LogP) is 3.12. The van der Waals surface area contributed by atoms with Gasteiger partial charge in [0.25, 0.3) is 0 Å². The number of aromatic nitrogens is 5. The van der Waals surface area contributed by atoms with Crippen LogP contribution in [0, 0.1) is 12.3 Å². The molecule has 3 aromatic rings. The largest absolute Gasteiger partial charge is 0.417 e. The fourth-order valence-electron chi connectivity index (χ4n) is 6.41. The minimum Gasteiger partial charge on any atom is -0.380 e. The lowest BCUT2D eigenvalue weighted by molar-refractivity contribution is -0.300. The van der Waals surface area contributed by atoms with Crippen molar-refractivity contribution in [1.29, 1.82) is 0 Å². The molecule has 1 aromatic carbocycles. The molecule has 13 heteroatoms. The molecule has 0 radical (unpaired) electrons. The van der Waals surface area contributed by atoms with Gasteiger partial charge in [-0.15, -0.1) is 10.2 Å². The number of hydrogen-bond acceptors (Lipinski definition) is 8. The summed E-state index contributed by atoms with van der Waals surface area (Å²) >= 11 is 6.32. The first-order valence-electron chi connectivity index (χ1n) is 12.6. The van der Waals surface area contributed by atoms with Crippen molar-refractivity contribution < 1.29 is 18.3 Å². The van der Waals surface area contributed by atoms with Crippen molar-refractivity contribution >= 4 is 23.4 Å². The Morgan fingerprint density at radius 1 is 1.00 bits per heavy atom. The van der Waals surface area contributed by atoms with Crippen molar-refractivity contribution in [2.24, 2.45) is 5.41 Å². The lowest BCUT2D eigenvalue weighted by Gasteiger charge is -2.60. The smallest absolute Gasteiger partial charge is 0.380 e. The molecule has 1 N–H and O–H groups in total. The zero-order valence-corrected chi connectivity index (χ0v) is 21.4. The maximum absolute atomic E-state index is 13.3. The van der Waals surface area contributed by atoms with Crippen molar-refractivity contribution in [2.75, 3.05) is 36.0 Å². The minimum atomic E-state index is -4.64. The van der Waals surface area contributed by atoms with Gasteiger partial charge < -0.3 is 14.9 Å². The van der Waals surface area contributed by atoms with E-state index < -0.39 is 17.8 Å². The van der Waals surface area contributed by atoms with Crippen LogP contribution in [0.2, 0.25) is 5.02 Å². The molecule has 2 saturated heterocycles. The number of nitrogens with zero attached hydrogens (tertiary/aromatic N) is 8. The first-order chi connectivity index (χ1) is 18.0. The lowest BCUT2D eigenvalue weighted by Crippen LogP contribution is -2.73. The monoisotopic (exact) mass is 546 g/mol. The van der Waals surface area contributed by atoms with Gasteiger partial charge in [-0.05, 0) is 30.7 Å². The number of benzene rings is 1. The van der Waals surface area contributed by atoms with Crippen LogP contribution >= 0.6 is 11.6 Å². The summed E-state index contributed by atoms with van der Waals surface area (Å²) in [5, 5.41) is 19.6. The molecule has 4 aliphatic rings. The van der Waals surface area contributed by atoms with Gasteiger partial charge in [-0.3, -0.25) is 14.5 Å². The second-order valence-corrected chi connectivity index (χ2v) is 11.6. The Balaban J connectivity index is 1.12. The van der Waals surface area contributed by atoms with Gasteiger partial charge in [0.1, 0.15) is 5.82 Å². The molecule has 1 aliphatic carbocycles. The SMILES string of the molecule is Cc1nccnc1N1CC2(C1)CN(c1nnc3n1-c1ccc(Cl)cc1CN(C1CC(O)(C(F)(F)F)C1)C3)C2. The van der Waals surface area contributed by atoms with E-state index in [9.17, 15) is 18.3 Å². The summed E-state index contributed by atoms with van der Waals surface area (Å²) in [6, 6.07) is 5.15. The Bertz CT molecular complexity index is 1410. The third-order valence-electron chi connectivity index (χ3n) is 8.45. The molecule has 38 heavy (non-hydrogen) atoms. The van der Waals surface area contributed by atoms with Crippen molar-refractivity contribution in [2.45, 2.75) is 50.7 Å². The zero-order chi connectivity index (χ0) is 26.4. The topological polar surface area (TPSA) is 86.4 Å². The molecular weight excluding hydrogens is 521 g/mol. The molecule has 0 unspecified atom stereocenters. The van der Waals surface area contributed by atoms with Crippen molar-refractivity contribution in [1.82, 2.24) is 29.6 Å². The number of halogens is 4. The fourth-order valence-corrected chi connectivity index (χ4v) is 6.61. The molecule has 0 amide bonds. The van der Waals surface area contributed by atoms with E-state index in [4.69, 9.17) is 11.6 Å². The first kappa shape index (κ1) is 24.1. The fraction of sp³-hybridized carbons (Fsp3) is 0.520. The van der Waals surface area contributed by atoms with Crippen molar-refractivity contribution in [3.63, 3.8) is 0 Å². The second kappa shape index (κ2) is 8.03. The lowest BCUT2D eigenvalue weighted by atomic mass is 9.73. The Morgan fingerprint density at radius 2 is 1.71 bits per heavy atom. The summed E-state index contributed by atoms with van der Waals surface area (Å²) in [4.78, 5) is 15.2. The Labute approximate surface area is 221 Å². The second-order valence-electron chi connectivity index (χ2n) is 11.2. The molecular formula is C25H26ClF3N8O. The van der Waals surface area contributed by atoms with E-state index in [1.807, 2.05) is 28.5 Å². The van der Waals surface area contributed by atoms with Gasteiger partial charge in [-0.2, -0.15) is 13.2 Å². The molecule has 0 atom stereocenters. The molecule has 3 aliphatic heterocycles. The maximum atomic E-state index is 13.3. The van der Waals surface area contributed by atoms with Gasteiger partial charge in [0.15, 0.2) is 11.4 Å². The third-order valence-corrected chi connectivity index (χ3v) is 8.68. The maximum Gasteiger partial charge on any atom is 0.417 e. The summed E-state index contributed by atoms with van der Waals surface area (Å²) in [6.07, 6.45) is -1.94. The average Bonchev–Trinajstić information content (AvgIpc) is 3.10. The average molecular weight is 547 g/mol. The molecule has 200 valence electrons. The van der Waals surface area contributed by atoms with E-state index in [1.54, 1.807) is 18.5 Å². The number of aliphatic hydroxyl groups is 1. The van der Waals surface area contributed by atoms with E-state index in [2.05, 4.69) is 30.0 Å². The van der Waals surface area contributed by atoms with E-state index in [0.29, 0.717) is 23.9 Å². The van der Waals surface area contributed by atoms with Crippen LogP contribution in [0.25, 0.3) is 5.69 Å². The Morgan fingerprint density at radius 3 is 2.42 bits per heavy atom. The highest BCUT2D eigenvalue weighted by atomic mass is 35.5. The number of hydrogen-bond donors (Lipinski definition) is 1. The highest BCUT2D eigenvalue weighted by Gasteiger charge is 2.62. The van der Waals surface area contributed by atoms with Gasteiger partial charge in [-0.25, -0.2) is 4.98 Å². The third kappa shape index (κ3) is 3.60. The molecule has 2 aromatic heterocycles. The number of alkyl halides is 3. The van der Waals surface area contributed by atoms with Crippen LogP contribution < -0.4 is 9.80 Å². The van der Waals surface area contributed by atoms with Crippen LogP contribution in [0.15, 0.2) is 30.6 Å². The molecule has 9 nitrogen and oxygen atoms in total. The summed E-state index contributed by atoms with van der Waals surface area (Å²) in [7, 11) is 0. The van der Waals surface area contributed by atoms with Gasteiger partial charge in [0.05, 0.1) is 17.9 Å². The van der Waals surface area contributed by atoms with Gasteiger partial charge in [0.2, 0.25) is 5.95 Å². The van der Waals surface area contributed by atoms with Crippen molar-refractivity contribution in [3.8, 4) is 5.69 Å². The Kier molecular flexibility index (Phi) is 5.09. The van der Waals surface area contributed by atoms with E-state index in [1.165, 1.54) is 0 Å². The molecule has 1 spiro atoms. The first-order valence-corrected chi connectivity index (χ1v) is 13.0. The van der Waals surface area contributed by atoms with Crippen LogP contribution in [0.3, 0.4) is 0 Å². The quantitative estimate of drug-likeness (QED) is 0.536. The van der Waals surface area contributed by atoms with Crippen LogP contribution in [-0.2, 0) is 13.1 Å².